The predicted octanol–water partition coefficient (Wildman–Crippen LogP) is 3.12. The van der Waals surface area contributed by atoms with Crippen molar-refractivity contribution in [1.29, 1.82) is 0 Å². The number of ether oxygens (including phenoxy) is 1. The lowest BCUT2D eigenvalue weighted by atomic mass is 9.79. The third-order valence-electron chi connectivity index (χ3n) is 5.05. The summed E-state index contributed by atoms with van der Waals surface area (Å²) in [6.07, 6.45) is 0. The summed E-state index contributed by atoms with van der Waals surface area (Å²) in [4.78, 5) is 25.9. The van der Waals surface area contributed by atoms with E-state index in [1.165, 1.54) is 19.2 Å². The molecule has 2 atom stereocenters. The van der Waals surface area contributed by atoms with Crippen molar-refractivity contribution in [2.24, 2.45) is 5.92 Å². The van der Waals surface area contributed by atoms with Gasteiger partial charge in [-0.15, -0.1) is 0 Å². The van der Waals surface area contributed by atoms with Gasteiger partial charge in [0.05, 0.1) is 18.0 Å². The first-order valence-electron chi connectivity index (χ1n) is 9.02. The fraction of sp³-hybridized carbons (Fsp3) is 0.333. The molecule has 6 nitrogen and oxygen atoms in total. The van der Waals surface area contributed by atoms with Gasteiger partial charge in [0.25, 0.3) is 15.9 Å². The number of aryl methyl sites for hydroxylation is 1. The fourth-order valence-corrected chi connectivity index (χ4v) is 5.39. The second kappa shape index (κ2) is 7.39. The number of sulfonamides is 1. The Balaban J connectivity index is 2.26. The lowest BCUT2D eigenvalue weighted by Crippen LogP contribution is -2.55. The van der Waals surface area contributed by atoms with E-state index in [4.69, 9.17) is 4.74 Å². The van der Waals surface area contributed by atoms with Gasteiger partial charge < -0.3 is 4.74 Å². The summed E-state index contributed by atoms with van der Waals surface area (Å²) in [6, 6.07) is 12.0. The molecule has 1 amide bonds. The van der Waals surface area contributed by atoms with Gasteiger partial charge >= 0.3 is 5.97 Å². The average molecular weight is 401 g/mol. The molecule has 2 aromatic carbocycles. The van der Waals surface area contributed by atoms with E-state index >= 15 is 0 Å². The Labute approximate surface area is 165 Å². The van der Waals surface area contributed by atoms with Crippen LogP contribution >= 0.6 is 0 Å². The predicted molar refractivity (Wildman–Crippen MR) is 104 cm³/mol. The molecule has 0 bridgehead atoms. The summed E-state index contributed by atoms with van der Waals surface area (Å²) in [5.41, 5.74) is 1.60. The van der Waals surface area contributed by atoms with Crippen LogP contribution in [0.1, 0.15) is 41.3 Å². The van der Waals surface area contributed by atoms with Crippen LogP contribution in [0.4, 0.5) is 0 Å². The molecule has 7 heteroatoms. The largest absolute Gasteiger partial charge is 0.468 e. The van der Waals surface area contributed by atoms with E-state index in [2.05, 4.69) is 0 Å². The van der Waals surface area contributed by atoms with Crippen LogP contribution < -0.4 is 0 Å². The molecule has 3 rings (SSSR count). The second-order valence-corrected chi connectivity index (χ2v) is 9.06. The zero-order valence-corrected chi connectivity index (χ0v) is 17.1. The standard InChI is InChI=1S/C21H23NO5S/c1-13(2)19-18(21(24)27-4)16-7-5-6-8-17(16)20(23)22(19)28(25,26)15-11-9-14(3)10-12-15/h5-13,18-19H,1-4H3/t18-,19+/m1/s1. The molecule has 2 aromatic rings. The first-order valence-corrected chi connectivity index (χ1v) is 10.5. The molecule has 0 unspecified atom stereocenters. The number of nitrogens with zero attached hydrogens (tertiary/aromatic N) is 1. The Hall–Kier alpha value is -2.67. The van der Waals surface area contributed by atoms with E-state index in [0.717, 1.165) is 9.87 Å². The van der Waals surface area contributed by atoms with Crippen molar-refractivity contribution in [2.45, 2.75) is 37.6 Å². The zero-order chi connectivity index (χ0) is 20.6. The van der Waals surface area contributed by atoms with Crippen molar-refractivity contribution in [3.63, 3.8) is 0 Å². The van der Waals surface area contributed by atoms with Gasteiger partial charge in [-0.25, -0.2) is 12.7 Å². The summed E-state index contributed by atoms with van der Waals surface area (Å²) in [5, 5.41) is 0. The quantitative estimate of drug-likeness (QED) is 0.736. The van der Waals surface area contributed by atoms with E-state index in [9.17, 15) is 18.0 Å². The molecule has 0 radical (unpaired) electrons. The molecule has 28 heavy (non-hydrogen) atoms. The zero-order valence-electron chi connectivity index (χ0n) is 16.2. The highest BCUT2D eigenvalue weighted by Crippen LogP contribution is 2.40. The maximum atomic E-state index is 13.4. The van der Waals surface area contributed by atoms with E-state index < -0.39 is 33.9 Å². The number of rotatable bonds is 4. The van der Waals surface area contributed by atoms with Crippen LogP contribution in [0.5, 0.6) is 0 Å². The second-order valence-electron chi connectivity index (χ2n) is 7.24. The van der Waals surface area contributed by atoms with Crippen LogP contribution in [-0.2, 0) is 19.6 Å². The van der Waals surface area contributed by atoms with Crippen molar-refractivity contribution in [3.05, 3.63) is 65.2 Å². The third-order valence-corrected chi connectivity index (χ3v) is 6.85. The van der Waals surface area contributed by atoms with Gasteiger partial charge in [0.1, 0.15) is 5.92 Å². The van der Waals surface area contributed by atoms with Crippen LogP contribution in [0, 0.1) is 12.8 Å². The molecule has 148 valence electrons. The minimum atomic E-state index is -4.16. The first kappa shape index (κ1) is 20.1. The highest BCUT2D eigenvalue weighted by atomic mass is 32.2. The maximum absolute atomic E-state index is 13.4. The number of amides is 1. The molecule has 0 aromatic heterocycles. The Morgan fingerprint density at radius 2 is 1.68 bits per heavy atom. The number of benzene rings is 2. The Kier molecular flexibility index (Phi) is 5.30. The number of methoxy groups -OCH3 is 1. The van der Waals surface area contributed by atoms with Crippen molar-refractivity contribution >= 4 is 21.9 Å². The van der Waals surface area contributed by atoms with Crippen molar-refractivity contribution in [2.75, 3.05) is 7.11 Å². The molecule has 0 spiro atoms. The molecule has 1 heterocycles. The molecule has 0 aliphatic carbocycles. The topological polar surface area (TPSA) is 80.8 Å². The number of hydrogen-bond donors (Lipinski definition) is 0. The lowest BCUT2D eigenvalue weighted by molar-refractivity contribution is -0.144. The number of hydrogen-bond acceptors (Lipinski definition) is 5. The van der Waals surface area contributed by atoms with Crippen molar-refractivity contribution in [3.8, 4) is 0 Å². The van der Waals surface area contributed by atoms with Gasteiger partial charge in [0.2, 0.25) is 0 Å². The maximum Gasteiger partial charge on any atom is 0.315 e. The molecule has 1 aliphatic rings. The van der Waals surface area contributed by atoms with E-state index in [0.29, 0.717) is 5.56 Å². The van der Waals surface area contributed by atoms with Gasteiger partial charge in [0.15, 0.2) is 0 Å². The van der Waals surface area contributed by atoms with Crippen LogP contribution in [0.2, 0.25) is 0 Å². The minimum Gasteiger partial charge on any atom is -0.468 e. The Morgan fingerprint density at radius 1 is 1.07 bits per heavy atom. The summed E-state index contributed by atoms with van der Waals surface area (Å²) in [6.45, 7) is 5.43. The van der Waals surface area contributed by atoms with Crippen LogP contribution in [-0.4, -0.2) is 37.8 Å². The molecular formula is C21H23NO5S. The molecule has 0 saturated carbocycles. The van der Waals surface area contributed by atoms with E-state index in [1.54, 1.807) is 50.2 Å². The summed E-state index contributed by atoms with van der Waals surface area (Å²) < 4.78 is 32.7. The van der Waals surface area contributed by atoms with Gasteiger partial charge in [-0.3, -0.25) is 9.59 Å². The highest BCUT2D eigenvalue weighted by molar-refractivity contribution is 7.89. The fourth-order valence-electron chi connectivity index (χ4n) is 3.68. The van der Waals surface area contributed by atoms with E-state index in [1.807, 2.05) is 6.92 Å². The monoisotopic (exact) mass is 401 g/mol. The number of fused-ring (bicyclic) bond motifs is 1. The summed E-state index contributed by atoms with van der Waals surface area (Å²) >= 11 is 0. The minimum absolute atomic E-state index is 0.0140. The van der Waals surface area contributed by atoms with Crippen molar-refractivity contribution < 1.29 is 22.7 Å². The van der Waals surface area contributed by atoms with Crippen LogP contribution in [0.25, 0.3) is 0 Å². The third kappa shape index (κ3) is 3.20. The van der Waals surface area contributed by atoms with Gasteiger partial charge in [-0.1, -0.05) is 49.7 Å². The normalized spacial score (nSPS) is 19.5. The van der Waals surface area contributed by atoms with E-state index in [-0.39, 0.29) is 16.4 Å². The molecule has 0 saturated heterocycles. The van der Waals surface area contributed by atoms with Gasteiger partial charge in [-0.2, -0.15) is 0 Å². The van der Waals surface area contributed by atoms with Crippen LogP contribution in [0.15, 0.2) is 53.4 Å². The number of carbonyl (C=O) groups is 2. The van der Waals surface area contributed by atoms with Gasteiger partial charge in [0, 0.05) is 5.56 Å². The smallest absolute Gasteiger partial charge is 0.315 e. The molecule has 0 fully saturated rings. The first-order chi connectivity index (χ1) is 13.2. The van der Waals surface area contributed by atoms with Crippen molar-refractivity contribution in [1.82, 2.24) is 4.31 Å². The summed E-state index contributed by atoms with van der Waals surface area (Å²) in [5.74, 6) is -2.39. The number of esters is 1. The Morgan fingerprint density at radius 3 is 2.25 bits per heavy atom. The Bertz CT molecular complexity index is 1010. The molecule has 0 N–H and O–H groups in total. The molecule has 1 aliphatic heterocycles. The SMILES string of the molecule is COC(=O)[C@@H]1c2ccccc2C(=O)N(S(=O)(=O)c2ccc(C)cc2)[C@H]1C(C)C. The lowest BCUT2D eigenvalue weighted by Gasteiger charge is -2.42. The van der Waals surface area contributed by atoms with Crippen LogP contribution in [0.3, 0.4) is 0 Å². The average Bonchev–Trinajstić information content (AvgIpc) is 2.67. The highest BCUT2D eigenvalue weighted by Gasteiger charge is 2.50. The summed E-state index contributed by atoms with van der Waals surface area (Å²) in [7, 11) is -2.90. The number of carbonyl (C=O) groups excluding carboxylic acids is 2. The van der Waals surface area contributed by atoms with Gasteiger partial charge in [-0.05, 0) is 36.6 Å². The molecular weight excluding hydrogens is 378 g/mol.